The summed E-state index contributed by atoms with van der Waals surface area (Å²) in [5, 5.41) is 17.5. The molecule has 0 aliphatic heterocycles. The molecular formula is C64H120N6O8. The number of alkyl carbamates (subject to hydrolysis) is 2. The largest absolute Gasteiger partial charge is 0.444 e. The van der Waals surface area contributed by atoms with Crippen LogP contribution in [0.5, 0.6) is 0 Å². The first-order chi connectivity index (χ1) is 37.5. The molecule has 0 heterocycles. The van der Waals surface area contributed by atoms with Gasteiger partial charge in [-0.1, -0.05) is 154 Å². The summed E-state index contributed by atoms with van der Waals surface area (Å²) in [4.78, 5) is 77.6. The van der Waals surface area contributed by atoms with E-state index in [1.54, 1.807) is 0 Å². The van der Waals surface area contributed by atoms with Gasteiger partial charge in [0.25, 0.3) is 0 Å². The maximum atomic E-state index is 13.4. The average molecular weight is 1100 g/mol. The number of unbranched alkanes of at least 4 members (excludes halogenated alkanes) is 27. The van der Waals surface area contributed by atoms with E-state index in [4.69, 9.17) is 9.47 Å². The van der Waals surface area contributed by atoms with Gasteiger partial charge in [0, 0.05) is 39.0 Å². The molecule has 0 bridgehead atoms. The van der Waals surface area contributed by atoms with Gasteiger partial charge in [-0.2, -0.15) is 0 Å². The van der Waals surface area contributed by atoms with Crippen molar-refractivity contribution in [2.24, 2.45) is 0 Å². The van der Waals surface area contributed by atoms with Crippen molar-refractivity contribution >= 4 is 35.8 Å². The monoisotopic (exact) mass is 1100 g/mol. The number of carbonyl (C=O) groups is 6. The molecule has 0 saturated heterocycles. The molecule has 78 heavy (non-hydrogen) atoms. The lowest BCUT2D eigenvalue weighted by Gasteiger charge is -2.20. The quantitative estimate of drug-likeness (QED) is 0.0256. The lowest BCUT2D eigenvalue weighted by Crippen LogP contribution is -2.47. The van der Waals surface area contributed by atoms with Crippen LogP contribution in [0.15, 0.2) is 24.3 Å². The standard InChI is InChI=1S/C64H120N6O8/c1-9-11-13-15-17-19-21-23-25-27-29-31-33-35-37-43-51-65-59(73)55(47-41-45-53-67-61(75)77-63(3,4)5)69-57(71)49-39-40-50-58(72)70-56(48-42-46-54-68-62(76)78-64(6,7)8)60(74)66-52-44-38-36-34-32-30-28-26-24-22-20-18-16-14-12-10-2/h23-26,55-56H,9-22,27-54H2,1-8H3,(H,65,73)(H,66,74)(H,67,75)(H,68,76)(H,69,71)(H,70,72)/b25-23-,26-24-. The molecule has 0 radical (unpaired) electrons. The molecule has 0 spiro atoms. The smallest absolute Gasteiger partial charge is 0.407 e. The second kappa shape index (κ2) is 51.1. The maximum Gasteiger partial charge on any atom is 0.407 e. The summed E-state index contributed by atoms with van der Waals surface area (Å²) < 4.78 is 10.7. The number of hydrogen-bond acceptors (Lipinski definition) is 8. The Morgan fingerprint density at radius 1 is 0.346 bits per heavy atom. The molecule has 0 rings (SSSR count). The van der Waals surface area contributed by atoms with Gasteiger partial charge in [-0.25, -0.2) is 9.59 Å². The highest BCUT2D eigenvalue weighted by Gasteiger charge is 2.23. The van der Waals surface area contributed by atoms with E-state index in [1.165, 1.54) is 128 Å². The third-order valence-corrected chi connectivity index (χ3v) is 13.5. The minimum atomic E-state index is -0.716. The highest BCUT2D eigenvalue weighted by atomic mass is 16.6. The van der Waals surface area contributed by atoms with Crippen LogP contribution < -0.4 is 31.9 Å². The SMILES string of the molecule is CCCCCCCC/C=C\CCCCCCCCNC(=O)C(CCCCNC(=O)OC(C)(C)C)NC(=O)CCCCC(=O)NC(CCCCNC(=O)OC(C)(C)C)C(=O)NCCCCCCCC/C=C\CCCCCCCC. The summed E-state index contributed by atoms with van der Waals surface area (Å²) in [6, 6.07) is -1.43. The van der Waals surface area contributed by atoms with Gasteiger partial charge in [0.15, 0.2) is 0 Å². The zero-order chi connectivity index (χ0) is 57.8. The van der Waals surface area contributed by atoms with Crippen LogP contribution in [0.1, 0.15) is 299 Å². The van der Waals surface area contributed by atoms with Crippen molar-refractivity contribution in [3.8, 4) is 0 Å². The van der Waals surface area contributed by atoms with E-state index in [0.29, 0.717) is 77.5 Å². The third-order valence-electron chi connectivity index (χ3n) is 13.5. The molecule has 0 aromatic rings. The number of amides is 6. The van der Waals surface area contributed by atoms with Crippen molar-refractivity contribution in [1.29, 1.82) is 0 Å². The summed E-state index contributed by atoms with van der Waals surface area (Å²) in [5.41, 5.74) is -1.20. The molecule has 2 unspecified atom stereocenters. The Hall–Kier alpha value is -4.10. The second-order valence-corrected chi connectivity index (χ2v) is 23.8. The van der Waals surface area contributed by atoms with E-state index in [1.807, 2.05) is 41.5 Å². The Morgan fingerprint density at radius 2 is 0.615 bits per heavy atom. The van der Waals surface area contributed by atoms with Crippen molar-refractivity contribution in [3.05, 3.63) is 24.3 Å². The molecule has 2 atom stereocenters. The fourth-order valence-corrected chi connectivity index (χ4v) is 9.01. The molecule has 0 aromatic heterocycles. The van der Waals surface area contributed by atoms with Gasteiger partial charge in [0.05, 0.1) is 0 Å². The van der Waals surface area contributed by atoms with Crippen molar-refractivity contribution in [3.63, 3.8) is 0 Å². The summed E-state index contributed by atoms with van der Waals surface area (Å²) in [6.07, 6.45) is 46.8. The average Bonchev–Trinajstić information content (AvgIpc) is 3.37. The van der Waals surface area contributed by atoms with E-state index in [2.05, 4.69) is 70.1 Å². The predicted molar refractivity (Wildman–Crippen MR) is 323 cm³/mol. The molecule has 0 saturated carbocycles. The van der Waals surface area contributed by atoms with Crippen LogP contribution in [0, 0.1) is 0 Å². The van der Waals surface area contributed by atoms with Crippen LogP contribution in [0.3, 0.4) is 0 Å². The number of rotatable bonds is 51. The molecule has 0 aromatic carbocycles. The first-order valence-corrected chi connectivity index (χ1v) is 31.8. The molecular weight excluding hydrogens is 981 g/mol. The zero-order valence-electron chi connectivity index (χ0n) is 51.4. The molecule has 454 valence electrons. The number of allylic oxidation sites excluding steroid dienone is 4. The van der Waals surface area contributed by atoms with Crippen molar-refractivity contribution in [2.75, 3.05) is 26.2 Å². The summed E-state index contributed by atoms with van der Waals surface area (Å²) in [6.45, 7) is 17.2. The molecule has 14 nitrogen and oxygen atoms in total. The van der Waals surface area contributed by atoms with Crippen LogP contribution in [0.4, 0.5) is 9.59 Å². The van der Waals surface area contributed by atoms with Gasteiger partial charge >= 0.3 is 12.2 Å². The molecule has 14 heteroatoms. The lowest BCUT2D eigenvalue weighted by molar-refractivity contribution is -0.129. The Morgan fingerprint density at radius 3 is 0.923 bits per heavy atom. The molecule has 6 N–H and O–H groups in total. The Bertz CT molecular complexity index is 1460. The van der Waals surface area contributed by atoms with E-state index in [9.17, 15) is 28.8 Å². The molecule has 6 amide bonds. The zero-order valence-corrected chi connectivity index (χ0v) is 51.4. The molecule has 0 aliphatic carbocycles. The van der Waals surface area contributed by atoms with Crippen molar-refractivity contribution < 1.29 is 38.2 Å². The van der Waals surface area contributed by atoms with Gasteiger partial charge in [-0.3, -0.25) is 19.2 Å². The highest BCUT2D eigenvalue weighted by Crippen LogP contribution is 2.14. The lowest BCUT2D eigenvalue weighted by atomic mass is 10.1. The highest BCUT2D eigenvalue weighted by molar-refractivity contribution is 5.88. The summed E-state index contributed by atoms with van der Waals surface area (Å²) in [7, 11) is 0. The predicted octanol–water partition coefficient (Wildman–Crippen LogP) is 15.2. The van der Waals surface area contributed by atoms with E-state index in [-0.39, 0.29) is 36.5 Å². The van der Waals surface area contributed by atoms with Gasteiger partial charge in [-0.15, -0.1) is 0 Å². The summed E-state index contributed by atoms with van der Waals surface area (Å²) >= 11 is 0. The maximum absolute atomic E-state index is 13.4. The normalized spacial score (nSPS) is 12.6. The van der Waals surface area contributed by atoms with Crippen LogP contribution in [0.25, 0.3) is 0 Å². The third kappa shape index (κ3) is 52.6. The van der Waals surface area contributed by atoms with E-state index >= 15 is 0 Å². The Balaban J connectivity index is 4.98. The van der Waals surface area contributed by atoms with Crippen LogP contribution in [-0.4, -0.2) is 85.3 Å². The number of carbonyl (C=O) groups excluding carboxylic acids is 6. The molecule has 0 aliphatic rings. The van der Waals surface area contributed by atoms with Gasteiger partial charge in [0.2, 0.25) is 23.6 Å². The molecule has 0 fully saturated rings. The fourth-order valence-electron chi connectivity index (χ4n) is 9.01. The van der Waals surface area contributed by atoms with Crippen molar-refractivity contribution in [1.82, 2.24) is 31.9 Å². The Kier molecular flexibility index (Phi) is 48.4. The first-order valence-electron chi connectivity index (χ1n) is 31.8. The summed E-state index contributed by atoms with van der Waals surface area (Å²) in [5.74, 6) is -0.951. The number of ether oxygens (including phenoxy) is 2. The van der Waals surface area contributed by atoms with Gasteiger partial charge < -0.3 is 41.4 Å². The minimum Gasteiger partial charge on any atom is -0.444 e. The number of nitrogens with one attached hydrogen (secondary N) is 6. The van der Waals surface area contributed by atoms with E-state index < -0.39 is 35.5 Å². The second-order valence-electron chi connectivity index (χ2n) is 23.8. The van der Waals surface area contributed by atoms with Gasteiger partial charge in [-0.05, 0) is 157 Å². The minimum absolute atomic E-state index is 0.150. The number of hydrogen-bond donors (Lipinski definition) is 6. The van der Waals surface area contributed by atoms with Crippen LogP contribution >= 0.6 is 0 Å². The van der Waals surface area contributed by atoms with Crippen LogP contribution in [-0.2, 0) is 28.7 Å². The fraction of sp³-hybridized carbons (Fsp3) is 0.844. The topological polar surface area (TPSA) is 193 Å². The Labute approximate surface area is 477 Å². The van der Waals surface area contributed by atoms with Crippen molar-refractivity contribution in [2.45, 2.75) is 323 Å². The van der Waals surface area contributed by atoms with Crippen LogP contribution in [0.2, 0.25) is 0 Å². The first kappa shape index (κ1) is 73.9. The van der Waals surface area contributed by atoms with Gasteiger partial charge in [0.1, 0.15) is 23.3 Å². The van der Waals surface area contributed by atoms with E-state index in [0.717, 1.165) is 51.4 Å².